The maximum Gasteiger partial charge on any atom is 0.417 e. The van der Waals surface area contributed by atoms with Crippen LogP contribution in [0.4, 0.5) is 45.0 Å². The standard InChI is InChI=1S/C44H43FN8O10.C30H32FN5O6.C20H16N4O7/c1-24(2)30-19-31(37(55)20-36(30)54)39-48-49-42(59)53(39)27-9-8-26(33(45)18-27)21-50-14-16-51(17-15-50)44(61)63-28-10-6-25(7-11-28)23-62-43(60)46-34-5-3-4-29-32(34)22-52(41(29)58)35-12-13-38(56)47-40(35)57;1-18(2)23-14-24(27(39)15-26(23)38)28-32-33-29(40)36(28)21-6-5-20(25(31)13-21)16-34-9-11-35(12-10-34)30(41)42-22-7-3-19(17-37)4-8-22;25-17-9-8-16(18(26)22-17)23-10-14-13(19(23)27)2-1-3-15(14)21-20(28)31-12-6-4-11(5-7-12)24(29)30/h3-11,18-20,24,35,54-55H,12-17,21-23H2,1-2H3,(H,46,60)(H,49,59)(H,47,56,57);3-8,13-15,18,37-39H,9-12,16-17H2,1-2H3,(H,33,40);1-7,16H,8-10H2,(H,21,28)(H,22,25,26). The number of nitrogens with zero attached hydrogens (tertiary/aromatic N) is 11. The van der Waals surface area contributed by atoms with Crippen molar-refractivity contribution in [1.29, 1.82) is 0 Å². The molecule has 2 unspecified atom stereocenters. The summed E-state index contributed by atoms with van der Waals surface area (Å²) in [5.74, 6) is -3.57. The minimum absolute atomic E-state index is 0.0525. The predicted octanol–water partition coefficient (Wildman–Crippen LogP) is 10.4. The summed E-state index contributed by atoms with van der Waals surface area (Å²) in [6, 6.07) is 40.5. The minimum atomic E-state index is -0.839. The van der Waals surface area contributed by atoms with Crippen molar-refractivity contribution in [1.82, 2.24) is 69.6 Å². The topological polar surface area (TPSA) is 521 Å². The van der Waals surface area contributed by atoms with Crippen molar-refractivity contribution in [3.8, 4) is 74.4 Å². The number of piperazine rings is 2. The predicted molar refractivity (Wildman–Crippen MR) is 480 cm³/mol. The van der Waals surface area contributed by atoms with Gasteiger partial charge in [-0.3, -0.25) is 69.9 Å². The third kappa shape index (κ3) is 21.2. The summed E-state index contributed by atoms with van der Waals surface area (Å²) in [7, 11) is 0. The Morgan fingerprint density at radius 3 is 1.29 bits per heavy atom. The first-order valence-electron chi connectivity index (χ1n) is 43.1. The van der Waals surface area contributed by atoms with E-state index in [1.165, 1.54) is 62.9 Å². The average molecular weight is 1860 g/mol. The summed E-state index contributed by atoms with van der Waals surface area (Å²) >= 11 is 0. The van der Waals surface area contributed by atoms with Gasteiger partial charge in [-0.15, -0.1) is 0 Å². The van der Waals surface area contributed by atoms with E-state index >= 15 is 8.78 Å². The molecule has 17 rings (SSSR count). The number of benzene rings is 9. The summed E-state index contributed by atoms with van der Waals surface area (Å²) in [4.78, 5) is 170. The van der Waals surface area contributed by atoms with E-state index in [2.05, 4.69) is 41.7 Å². The molecule has 704 valence electrons. The quantitative estimate of drug-likeness (QED) is 0.0181. The number of carbonyl (C=O) groups is 10. The first-order chi connectivity index (χ1) is 65.2. The summed E-state index contributed by atoms with van der Waals surface area (Å²) in [6.45, 7) is 11.4. The highest BCUT2D eigenvalue weighted by atomic mass is 19.1. The number of hydrogen-bond acceptors (Lipinski definition) is 27. The molecule has 6 aliphatic rings. The lowest BCUT2D eigenvalue weighted by Crippen LogP contribution is -2.52. The molecule has 136 heavy (non-hydrogen) atoms. The van der Waals surface area contributed by atoms with Crippen LogP contribution in [0.1, 0.15) is 130 Å². The molecule has 4 saturated heterocycles. The zero-order valence-corrected chi connectivity index (χ0v) is 73.5. The Hall–Kier alpha value is -16.5. The number of aliphatic hydroxyl groups excluding tert-OH is 1. The molecule has 10 amide bonds. The van der Waals surface area contributed by atoms with Crippen LogP contribution in [-0.2, 0) is 63.3 Å². The fourth-order valence-electron chi connectivity index (χ4n) is 16.4. The van der Waals surface area contributed by atoms with Gasteiger partial charge in [-0.25, -0.2) is 56.9 Å². The molecule has 4 fully saturated rings. The molecule has 0 radical (unpaired) electrons. The number of aromatic nitrogens is 6. The van der Waals surface area contributed by atoms with Gasteiger partial charge in [0.2, 0.25) is 23.6 Å². The SMILES string of the molecule is CC(C)c1cc(-c2n[nH]c(=O)n2-c2ccc(CN3CCN(C(=O)Oc4ccc(CO)cc4)CC3)c(F)c2)c(O)cc1O.CC(C)c1cc(-c2n[nH]c(=O)n2-c2ccc(CN3CCN(C(=O)Oc4ccc(COC(=O)Nc5cccc6c5CN(C5CCC(=O)NC5=O)C6=O)cc4)CC3)c(F)c2)c(O)cc1O.O=C1CCC(N2Cc3c(NC(=O)Oc4ccc([N+](=O)[O-])cc4)cccc3C2=O)C(=O)N1. The van der Waals surface area contributed by atoms with Gasteiger partial charge < -0.3 is 64.1 Å². The van der Waals surface area contributed by atoms with Gasteiger partial charge >= 0.3 is 35.8 Å². The molecule has 8 heterocycles. The third-order valence-corrected chi connectivity index (χ3v) is 23.7. The average Bonchev–Trinajstić information content (AvgIpc) is 1.62. The number of imide groups is 2. The fourth-order valence-corrected chi connectivity index (χ4v) is 16.4. The number of halogens is 2. The Balaban J connectivity index is 0.000000166. The van der Waals surface area contributed by atoms with Gasteiger partial charge in [0, 0.05) is 160 Å². The van der Waals surface area contributed by atoms with Gasteiger partial charge in [-0.1, -0.05) is 76.2 Å². The van der Waals surface area contributed by atoms with Crippen LogP contribution in [-0.4, -0.2) is 214 Å². The minimum Gasteiger partial charge on any atom is -0.508 e. The van der Waals surface area contributed by atoms with Crippen LogP contribution in [0.2, 0.25) is 0 Å². The molecular weight excluding hydrogens is 1770 g/mol. The lowest BCUT2D eigenvalue weighted by Gasteiger charge is -2.34. The smallest absolute Gasteiger partial charge is 0.417 e. The number of hydrogen-bond donors (Lipinski definition) is 11. The largest absolute Gasteiger partial charge is 0.508 e. The normalized spacial score (nSPS) is 16.0. The second-order valence-corrected chi connectivity index (χ2v) is 33.2. The molecule has 0 bridgehead atoms. The van der Waals surface area contributed by atoms with E-state index in [1.54, 1.807) is 131 Å². The van der Waals surface area contributed by atoms with E-state index in [0.717, 1.165) is 10.1 Å². The van der Waals surface area contributed by atoms with Crippen LogP contribution in [0.3, 0.4) is 0 Å². The number of amides is 10. The molecule has 11 aromatic rings. The summed E-state index contributed by atoms with van der Waals surface area (Å²) < 4.78 is 54.7. The lowest BCUT2D eigenvalue weighted by atomic mass is 9.98. The van der Waals surface area contributed by atoms with Crippen molar-refractivity contribution < 1.29 is 106 Å². The number of nitro benzene ring substituents is 1. The summed E-state index contributed by atoms with van der Waals surface area (Å²) in [5, 5.41) is 84.0. The Kier molecular flexibility index (Phi) is 28.2. The highest BCUT2D eigenvalue weighted by molar-refractivity contribution is 6.08. The second kappa shape index (κ2) is 40.7. The fraction of sp³-hybridized carbons (Fsp3) is 0.277. The number of aliphatic hydroxyl groups is 1. The number of anilines is 2. The van der Waals surface area contributed by atoms with Crippen molar-refractivity contribution in [2.24, 2.45) is 0 Å². The molecule has 6 aliphatic heterocycles. The molecule has 2 aromatic heterocycles. The Morgan fingerprint density at radius 2 is 0.897 bits per heavy atom. The van der Waals surface area contributed by atoms with Crippen LogP contribution < -0.4 is 46.9 Å². The van der Waals surface area contributed by atoms with Gasteiger partial charge in [0.1, 0.15) is 70.6 Å². The van der Waals surface area contributed by atoms with E-state index in [-0.39, 0.29) is 168 Å². The molecule has 2 atom stereocenters. The Bertz CT molecular complexity index is 6640. The Morgan fingerprint density at radius 1 is 0.493 bits per heavy atom. The van der Waals surface area contributed by atoms with E-state index < -0.39 is 76.2 Å². The van der Waals surface area contributed by atoms with Crippen molar-refractivity contribution in [3.63, 3.8) is 0 Å². The van der Waals surface area contributed by atoms with Gasteiger partial charge in [0.25, 0.3) is 17.5 Å². The number of non-ortho nitro benzene ring substituents is 1. The zero-order chi connectivity index (χ0) is 96.6. The molecule has 0 aliphatic carbocycles. The molecule has 0 spiro atoms. The number of H-pyrrole nitrogens is 2. The van der Waals surface area contributed by atoms with Crippen molar-refractivity contribution in [2.45, 2.75) is 117 Å². The highest BCUT2D eigenvalue weighted by Gasteiger charge is 2.43. The molecular formula is C94H91F2N17O23. The number of nitro groups is 1. The molecule has 42 heteroatoms. The van der Waals surface area contributed by atoms with Gasteiger partial charge in [-0.2, -0.15) is 10.2 Å². The number of nitrogens with one attached hydrogen (secondary N) is 6. The van der Waals surface area contributed by atoms with Gasteiger partial charge in [-0.05, 0) is 144 Å². The van der Waals surface area contributed by atoms with E-state index in [0.29, 0.717) is 126 Å². The van der Waals surface area contributed by atoms with E-state index in [4.69, 9.17) is 24.1 Å². The van der Waals surface area contributed by atoms with Crippen LogP contribution in [0.25, 0.3) is 34.2 Å². The maximum absolute atomic E-state index is 15.6. The number of ether oxygens (including phenoxy) is 4. The number of piperidine rings is 2. The van der Waals surface area contributed by atoms with Crippen molar-refractivity contribution in [2.75, 3.05) is 63.0 Å². The summed E-state index contributed by atoms with van der Waals surface area (Å²) in [6.07, 6.45) is -1.91. The van der Waals surface area contributed by atoms with Crippen LogP contribution in [0.15, 0.2) is 179 Å². The second-order valence-electron chi connectivity index (χ2n) is 33.2. The van der Waals surface area contributed by atoms with Gasteiger partial charge in [0.05, 0.1) is 34.0 Å². The first kappa shape index (κ1) is 94.2. The number of phenolic OH excluding ortho intramolecular Hbond substituents is 4. The number of fused-ring (bicyclic) bond motifs is 2. The zero-order valence-electron chi connectivity index (χ0n) is 73.5. The van der Waals surface area contributed by atoms with Crippen molar-refractivity contribution in [3.05, 3.63) is 268 Å². The molecule has 9 aromatic carbocycles. The number of aromatic amines is 2. The number of phenols is 4. The van der Waals surface area contributed by atoms with Crippen LogP contribution in [0.5, 0.6) is 40.2 Å². The monoisotopic (exact) mass is 1860 g/mol. The number of aromatic hydroxyl groups is 4. The Labute approximate surface area is 771 Å². The maximum atomic E-state index is 15.6. The highest BCUT2D eigenvalue weighted by Crippen LogP contribution is 2.41. The molecule has 0 saturated carbocycles. The van der Waals surface area contributed by atoms with Crippen LogP contribution >= 0.6 is 0 Å². The van der Waals surface area contributed by atoms with Crippen molar-refractivity contribution >= 4 is 76.9 Å². The molecule has 40 nitrogen and oxygen atoms in total. The van der Waals surface area contributed by atoms with Gasteiger partial charge in [0.15, 0.2) is 11.6 Å². The third-order valence-electron chi connectivity index (χ3n) is 23.7. The summed E-state index contributed by atoms with van der Waals surface area (Å²) in [5.41, 5.74) is 5.14. The number of rotatable bonds is 21. The number of carbonyl (C=O) groups excluding carboxylic acids is 10. The van der Waals surface area contributed by atoms with E-state index in [1.807, 2.05) is 37.5 Å². The van der Waals surface area contributed by atoms with Crippen LogP contribution in [0, 0.1) is 21.7 Å². The molecule has 11 N–H and O–H groups in total. The lowest BCUT2D eigenvalue weighted by molar-refractivity contribution is -0.384. The first-order valence-corrected chi connectivity index (χ1v) is 43.1. The van der Waals surface area contributed by atoms with E-state index in [9.17, 15) is 88.1 Å².